The number of amides is 2. The lowest BCUT2D eigenvalue weighted by atomic mass is 10.1. The first kappa shape index (κ1) is 15.2. The van der Waals surface area contributed by atoms with Crippen molar-refractivity contribution in [2.75, 3.05) is 13.1 Å². The molecule has 0 spiro atoms. The van der Waals surface area contributed by atoms with Crippen molar-refractivity contribution < 1.29 is 14.7 Å². The molecule has 5 nitrogen and oxygen atoms in total. The number of hydrogen-bond acceptors (Lipinski definition) is 3. The average Bonchev–Trinajstić information content (AvgIpc) is 2.43. The van der Waals surface area contributed by atoms with Gasteiger partial charge in [-0.1, -0.05) is 37.3 Å². The minimum atomic E-state index is -0.708. The number of nitrogens with one attached hydrogen (secondary N) is 2. The number of aliphatic hydroxyl groups is 1. The Morgan fingerprint density at radius 1 is 1.16 bits per heavy atom. The molecule has 0 bridgehead atoms. The molecule has 0 heterocycles. The van der Waals surface area contributed by atoms with Crippen LogP contribution in [-0.4, -0.2) is 36.1 Å². The highest BCUT2D eigenvalue weighted by molar-refractivity contribution is 6.35. The molecule has 5 heteroatoms. The largest absolute Gasteiger partial charge is 0.391 e. The van der Waals surface area contributed by atoms with Gasteiger partial charge < -0.3 is 15.7 Å². The van der Waals surface area contributed by atoms with E-state index >= 15 is 0 Å². The van der Waals surface area contributed by atoms with Gasteiger partial charge in [0.1, 0.15) is 0 Å². The molecule has 1 unspecified atom stereocenters. The Hall–Kier alpha value is -1.88. The normalized spacial score (nSPS) is 11.7. The summed E-state index contributed by atoms with van der Waals surface area (Å²) in [5.41, 5.74) is 0.986. The minimum absolute atomic E-state index is 0.0628. The predicted molar refractivity (Wildman–Crippen MR) is 72.5 cm³/mol. The molecule has 104 valence electrons. The molecule has 0 fully saturated rings. The number of benzene rings is 1. The molecule has 0 aliphatic heterocycles. The maximum Gasteiger partial charge on any atom is 0.309 e. The van der Waals surface area contributed by atoms with Crippen molar-refractivity contribution in [3.05, 3.63) is 35.9 Å². The number of rotatable bonds is 6. The molecule has 3 N–H and O–H groups in total. The van der Waals surface area contributed by atoms with Crippen molar-refractivity contribution >= 4 is 11.8 Å². The zero-order valence-corrected chi connectivity index (χ0v) is 11.1. The maximum atomic E-state index is 11.4. The van der Waals surface area contributed by atoms with Crippen LogP contribution < -0.4 is 10.6 Å². The third-order valence-electron chi connectivity index (χ3n) is 2.55. The summed E-state index contributed by atoms with van der Waals surface area (Å²) < 4.78 is 0. The summed E-state index contributed by atoms with van der Waals surface area (Å²) in [4.78, 5) is 22.6. The second-order valence-electron chi connectivity index (χ2n) is 4.31. The molecular weight excluding hydrogens is 244 g/mol. The predicted octanol–water partition coefficient (Wildman–Crippen LogP) is 0.232. The topological polar surface area (TPSA) is 78.4 Å². The fourth-order valence-electron chi connectivity index (χ4n) is 1.57. The van der Waals surface area contributed by atoms with Gasteiger partial charge in [-0.15, -0.1) is 0 Å². The van der Waals surface area contributed by atoms with E-state index in [0.29, 0.717) is 13.0 Å². The monoisotopic (exact) mass is 264 g/mol. The summed E-state index contributed by atoms with van der Waals surface area (Å²) in [5, 5.41) is 14.6. The van der Waals surface area contributed by atoms with Gasteiger partial charge in [0.25, 0.3) is 0 Å². The third-order valence-corrected chi connectivity index (χ3v) is 2.55. The molecule has 2 amide bonds. The van der Waals surface area contributed by atoms with E-state index in [-0.39, 0.29) is 6.54 Å². The number of hydrogen-bond donors (Lipinski definition) is 3. The zero-order valence-electron chi connectivity index (χ0n) is 11.1. The van der Waals surface area contributed by atoms with Gasteiger partial charge in [-0.2, -0.15) is 0 Å². The lowest BCUT2D eigenvalue weighted by Gasteiger charge is -2.11. The van der Waals surface area contributed by atoms with Crippen molar-refractivity contribution in [1.82, 2.24) is 10.6 Å². The quantitative estimate of drug-likeness (QED) is 0.644. The van der Waals surface area contributed by atoms with Crippen LogP contribution in [0.25, 0.3) is 0 Å². The number of carbonyl (C=O) groups excluding carboxylic acids is 2. The molecule has 19 heavy (non-hydrogen) atoms. The minimum Gasteiger partial charge on any atom is -0.391 e. The van der Waals surface area contributed by atoms with Crippen LogP contribution in [0.5, 0.6) is 0 Å². The van der Waals surface area contributed by atoms with Gasteiger partial charge in [-0.25, -0.2) is 0 Å². The van der Waals surface area contributed by atoms with E-state index in [1.807, 2.05) is 37.3 Å². The molecular formula is C14H20N2O3. The summed E-state index contributed by atoms with van der Waals surface area (Å²) in [7, 11) is 0. The highest BCUT2D eigenvalue weighted by Crippen LogP contribution is 2.02. The Kier molecular flexibility index (Phi) is 6.60. The van der Waals surface area contributed by atoms with E-state index in [9.17, 15) is 14.7 Å². The van der Waals surface area contributed by atoms with Crippen molar-refractivity contribution in [1.29, 1.82) is 0 Å². The highest BCUT2D eigenvalue weighted by atomic mass is 16.3. The molecule has 1 atom stereocenters. The fourth-order valence-corrected chi connectivity index (χ4v) is 1.57. The summed E-state index contributed by atoms with van der Waals surface area (Å²) in [6, 6.07) is 9.48. The molecule has 0 aromatic heterocycles. The summed E-state index contributed by atoms with van der Waals surface area (Å²) in [5.74, 6) is -1.37. The first-order chi connectivity index (χ1) is 9.13. The second-order valence-corrected chi connectivity index (χ2v) is 4.31. The van der Waals surface area contributed by atoms with Gasteiger partial charge in [0.05, 0.1) is 6.10 Å². The standard InChI is InChI=1S/C14H20N2O3/c1-2-8-15-13(18)14(19)16-10-12(17)9-11-6-4-3-5-7-11/h3-7,12,17H,2,8-10H2,1H3,(H,15,18)(H,16,19). The zero-order chi connectivity index (χ0) is 14.1. The van der Waals surface area contributed by atoms with Gasteiger partial charge in [0.2, 0.25) is 0 Å². The van der Waals surface area contributed by atoms with E-state index < -0.39 is 17.9 Å². The van der Waals surface area contributed by atoms with Crippen LogP contribution in [0.1, 0.15) is 18.9 Å². The molecule has 1 rings (SSSR count). The van der Waals surface area contributed by atoms with Crippen LogP contribution in [-0.2, 0) is 16.0 Å². The SMILES string of the molecule is CCCNC(=O)C(=O)NCC(O)Cc1ccccc1. The first-order valence-corrected chi connectivity index (χ1v) is 6.41. The highest BCUT2D eigenvalue weighted by Gasteiger charge is 2.14. The van der Waals surface area contributed by atoms with E-state index in [0.717, 1.165) is 12.0 Å². The third kappa shape index (κ3) is 6.01. The Balaban J connectivity index is 2.28. The van der Waals surface area contributed by atoms with Crippen LogP contribution >= 0.6 is 0 Å². The number of aliphatic hydroxyl groups excluding tert-OH is 1. The van der Waals surface area contributed by atoms with Crippen molar-refractivity contribution in [2.45, 2.75) is 25.9 Å². The van der Waals surface area contributed by atoms with Gasteiger partial charge in [-0.05, 0) is 12.0 Å². The Labute approximate surface area is 113 Å². The van der Waals surface area contributed by atoms with E-state index in [1.165, 1.54) is 0 Å². The number of carbonyl (C=O) groups is 2. The van der Waals surface area contributed by atoms with E-state index in [1.54, 1.807) is 0 Å². The van der Waals surface area contributed by atoms with Crippen LogP contribution in [0, 0.1) is 0 Å². The smallest absolute Gasteiger partial charge is 0.309 e. The lowest BCUT2D eigenvalue weighted by Crippen LogP contribution is -2.43. The van der Waals surface area contributed by atoms with Crippen molar-refractivity contribution in [3.8, 4) is 0 Å². The molecule has 0 saturated carbocycles. The van der Waals surface area contributed by atoms with Gasteiger partial charge in [0.15, 0.2) is 0 Å². The van der Waals surface area contributed by atoms with Crippen molar-refractivity contribution in [3.63, 3.8) is 0 Å². The molecule has 0 aliphatic rings. The summed E-state index contributed by atoms with van der Waals surface area (Å²) in [6.07, 6.45) is 0.512. The fraction of sp³-hybridized carbons (Fsp3) is 0.429. The van der Waals surface area contributed by atoms with Crippen LogP contribution in [0.15, 0.2) is 30.3 Å². The molecule has 0 aliphatic carbocycles. The average molecular weight is 264 g/mol. The lowest BCUT2D eigenvalue weighted by molar-refractivity contribution is -0.139. The van der Waals surface area contributed by atoms with E-state index in [4.69, 9.17) is 0 Å². The summed E-state index contributed by atoms with van der Waals surface area (Å²) in [6.45, 7) is 2.44. The van der Waals surface area contributed by atoms with Crippen molar-refractivity contribution in [2.24, 2.45) is 0 Å². The molecule has 1 aromatic rings. The maximum absolute atomic E-state index is 11.4. The second kappa shape index (κ2) is 8.26. The first-order valence-electron chi connectivity index (χ1n) is 6.41. The molecule has 1 aromatic carbocycles. The Morgan fingerprint density at radius 3 is 2.42 bits per heavy atom. The Morgan fingerprint density at radius 2 is 1.79 bits per heavy atom. The molecule has 0 radical (unpaired) electrons. The van der Waals surface area contributed by atoms with Gasteiger partial charge in [-0.3, -0.25) is 9.59 Å². The molecule has 0 saturated heterocycles. The van der Waals surface area contributed by atoms with E-state index in [2.05, 4.69) is 10.6 Å². The van der Waals surface area contributed by atoms with Gasteiger partial charge in [0, 0.05) is 19.5 Å². The van der Waals surface area contributed by atoms with Crippen LogP contribution in [0.4, 0.5) is 0 Å². The summed E-state index contributed by atoms with van der Waals surface area (Å²) >= 11 is 0. The van der Waals surface area contributed by atoms with Crippen LogP contribution in [0.2, 0.25) is 0 Å². The van der Waals surface area contributed by atoms with Gasteiger partial charge >= 0.3 is 11.8 Å². The Bertz CT molecular complexity index is 406. The van der Waals surface area contributed by atoms with Crippen LogP contribution in [0.3, 0.4) is 0 Å².